The number of nitrogens with one attached hydrogen (secondary N) is 3. The first-order valence-corrected chi connectivity index (χ1v) is 6.96. The SMILES string of the molecule is CC1CN=C(NCCNc2ccc3ccccc3n2)N1. The van der Waals surface area contributed by atoms with Crippen LogP contribution in [0.2, 0.25) is 0 Å². The van der Waals surface area contributed by atoms with Gasteiger partial charge in [0.1, 0.15) is 5.82 Å². The molecule has 2 aromatic rings. The number of nitrogens with zero attached hydrogens (tertiary/aromatic N) is 2. The van der Waals surface area contributed by atoms with Crippen molar-refractivity contribution in [3.63, 3.8) is 0 Å². The molecule has 0 aliphatic carbocycles. The highest BCUT2D eigenvalue weighted by Crippen LogP contribution is 2.13. The standard InChI is InChI=1S/C15H19N5/c1-11-10-18-15(19-11)17-9-8-16-14-7-6-12-4-2-3-5-13(12)20-14/h2-7,11H,8-10H2,1H3,(H,16,20)(H2,17,18,19). The van der Waals surface area contributed by atoms with Gasteiger partial charge in [0.05, 0.1) is 12.1 Å². The van der Waals surface area contributed by atoms with Gasteiger partial charge in [-0.15, -0.1) is 0 Å². The number of hydrogen-bond donors (Lipinski definition) is 3. The fraction of sp³-hybridized carbons (Fsp3) is 0.333. The van der Waals surface area contributed by atoms with E-state index in [1.54, 1.807) is 0 Å². The number of para-hydroxylation sites is 1. The molecule has 0 amide bonds. The molecule has 0 radical (unpaired) electrons. The molecule has 1 unspecified atom stereocenters. The number of anilines is 1. The van der Waals surface area contributed by atoms with E-state index in [-0.39, 0.29) is 0 Å². The van der Waals surface area contributed by atoms with Crippen LogP contribution in [0.25, 0.3) is 10.9 Å². The van der Waals surface area contributed by atoms with Gasteiger partial charge >= 0.3 is 0 Å². The van der Waals surface area contributed by atoms with Crippen molar-refractivity contribution < 1.29 is 0 Å². The maximum atomic E-state index is 4.57. The van der Waals surface area contributed by atoms with Gasteiger partial charge in [0, 0.05) is 24.5 Å². The lowest BCUT2D eigenvalue weighted by Gasteiger charge is -2.10. The Kier molecular flexibility index (Phi) is 3.67. The summed E-state index contributed by atoms with van der Waals surface area (Å²) in [6, 6.07) is 12.7. The first kappa shape index (κ1) is 12.7. The Bertz CT molecular complexity index is 622. The molecule has 1 aromatic heterocycles. The van der Waals surface area contributed by atoms with Crippen molar-refractivity contribution in [2.45, 2.75) is 13.0 Å². The number of aliphatic imine (C=N–C) groups is 1. The lowest BCUT2D eigenvalue weighted by Crippen LogP contribution is -2.39. The zero-order chi connectivity index (χ0) is 13.8. The molecule has 20 heavy (non-hydrogen) atoms. The number of guanidine groups is 1. The molecule has 5 heteroatoms. The monoisotopic (exact) mass is 269 g/mol. The Hall–Kier alpha value is -2.30. The summed E-state index contributed by atoms with van der Waals surface area (Å²) in [4.78, 5) is 8.93. The van der Waals surface area contributed by atoms with E-state index in [9.17, 15) is 0 Å². The first-order valence-electron chi connectivity index (χ1n) is 6.96. The highest BCUT2D eigenvalue weighted by Gasteiger charge is 2.10. The van der Waals surface area contributed by atoms with Crippen LogP contribution in [0.15, 0.2) is 41.4 Å². The number of fused-ring (bicyclic) bond motifs is 1. The van der Waals surface area contributed by atoms with Gasteiger partial charge < -0.3 is 16.0 Å². The molecule has 1 aliphatic rings. The van der Waals surface area contributed by atoms with Gasteiger partial charge in [-0.25, -0.2) is 4.98 Å². The Labute approximate surface area is 118 Å². The van der Waals surface area contributed by atoms with Gasteiger partial charge in [-0.3, -0.25) is 4.99 Å². The smallest absolute Gasteiger partial charge is 0.191 e. The molecule has 0 bridgehead atoms. The average molecular weight is 269 g/mol. The molecule has 3 rings (SSSR count). The number of benzene rings is 1. The minimum absolute atomic E-state index is 0.438. The molecular weight excluding hydrogens is 250 g/mol. The Morgan fingerprint density at radius 1 is 1.15 bits per heavy atom. The Morgan fingerprint density at radius 2 is 2.00 bits per heavy atom. The van der Waals surface area contributed by atoms with Crippen LogP contribution in [-0.2, 0) is 0 Å². The zero-order valence-corrected chi connectivity index (χ0v) is 11.6. The van der Waals surface area contributed by atoms with Gasteiger partial charge in [0.2, 0.25) is 0 Å². The summed E-state index contributed by atoms with van der Waals surface area (Å²) in [5.41, 5.74) is 1.01. The van der Waals surface area contributed by atoms with Crippen LogP contribution in [0.4, 0.5) is 5.82 Å². The van der Waals surface area contributed by atoms with Gasteiger partial charge in [0.25, 0.3) is 0 Å². The average Bonchev–Trinajstić information content (AvgIpc) is 2.89. The van der Waals surface area contributed by atoms with Crippen molar-refractivity contribution in [2.75, 3.05) is 25.0 Å². The van der Waals surface area contributed by atoms with Gasteiger partial charge in [-0.05, 0) is 25.1 Å². The summed E-state index contributed by atoms with van der Waals surface area (Å²) in [6.45, 7) is 4.59. The van der Waals surface area contributed by atoms with E-state index in [2.05, 4.69) is 45.0 Å². The van der Waals surface area contributed by atoms with Crippen LogP contribution in [-0.4, -0.2) is 36.6 Å². The van der Waals surface area contributed by atoms with Gasteiger partial charge in [-0.1, -0.05) is 18.2 Å². The van der Waals surface area contributed by atoms with Gasteiger partial charge in [-0.2, -0.15) is 0 Å². The highest BCUT2D eigenvalue weighted by molar-refractivity contribution is 5.82. The molecule has 5 nitrogen and oxygen atoms in total. The topological polar surface area (TPSA) is 61.3 Å². The normalized spacial score (nSPS) is 17.6. The van der Waals surface area contributed by atoms with Crippen molar-refractivity contribution >= 4 is 22.7 Å². The lowest BCUT2D eigenvalue weighted by atomic mass is 10.2. The van der Waals surface area contributed by atoms with Crippen LogP contribution in [0.3, 0.4) is 0 Å². The molecule has 0 saturated carbocycles. The fourth-order valence-corrected chi connectivity index (χ4v) is 2.20. The zero-order valence-electron chi connectivity index (χ0n) is 11.6. The van der Waals surface area contributed by atoms with Crippen LogP contribution < -0.4 is 16.0 Å². The second-order valence-electron chi connectivity index (χ2n) is 4.98. The van der Waals surface area contributed by atoms with Crippen LogP contribution in [0, 0.1) is 0 Å². The maximum absolute atomic E-state index is 4.57. The van der Waals surface area contributed by atoms with Crippen molar-refractivity contribution in [1.82, 2.24) is 15.6 Å². The van der Waals surface area contributed by atoms with E-state index < -0.39 is 0 Å². The number of pyridine rings is 1. The summed E-state index contributed by atoms with van der Waals surface area (Å²) >= 11 is 0. The summed E-state index contributed by atoms with van der Waals surface area (Å²) < 4.78 is 0. The quantitative estimate of drug-likeness (QED) is 0.738. The molecule has 1 aromatic carbocycles. The Balaban J connectivity index is 1.50. The third-order valence-corrected chi connectivity index (χ3v) is 3.23. The largest absolute Gasteiger partial charge is 0.368 e. The first-order chi connectivity index (χ1) is 9.81. The minimum atomic E-state index is 0.438. The third kappa shape index (κ3) is 2.99. The predicted octanol–water partition coefficient (Wildman–Crippen LogP) is 1.58. The number of rotatable bonds is 4. The van der Waals surface area contributed by atoms with E-state index >= 15 is 0 Å². The van der Waals surface area contributed by atoms with Crippen LogP contribution in [0.1, 0.15) is 6.92 Å². The van der Waals surface area contributed by atoms with Crippen molar-refractivity contribution in [3.8, 4) is 0 Å². The summed E-state index contributed by atoms with van der Waals surface area (Å²) in [5.74, 6) is 1.80. The van der Waals surface area contributed by atoms with E-state index in [0.717, 1.165) is 42.3 Å². The molecule has 0 spiro atoms. The minimum Gasteiger partial charge on any atom is -0.368 e. The molecule has 0 fully saturated rings. The number of aromatic nitrogens is 1. The molecule has 2 heterocycles. The highest BCUT2D eigenvalue weighted by atomic mass is 15.2. The third-order valence-electron chi connectivity index (χ3n) is 3.23. The van der Waals surface area contributed by atoms with Crippen LogP contribution >= 0.6 is 0 Å². The van der Waals surface area contributed by atoms with E-state index in [4.69, 9.17) is 0 Å². The fourth-order valence-electron chi connectivity index (χ4n) is 2.20. The van der Waals surface area contributed by atoms with Crippen LogP contribution in [0.5, 0.6) is 0 Å². The van der Waals surface area contributed by atoms with Crippen molar-refractivity contribution in [1.29, 1.82) is 0 Å². The number of hydrogen-bond acceptors (Lipinski definition) is 5. The second kappa shape index (κ2) is 5.77. The van der Waals surface area contributed by atoms with E-state index in [0.29, 0.717) is 6.04 Å². The van der Waals surface area contributed by atoms with Crippen molar-refractivity contribution in [3.05, 3.63) is 36.4 Å². The van der Waals surface area contributed by atoms with Gasteiger partial charge in [0.15, 0.2) is 5.96 Å². The van der Waals surface area contributed by atoms with Crippen molar-refractivity contribution in [2.24, 2.45) is 4.99 Å². The molecule has 104 valence electrons. The molecule has 0 saturated heterocycles. The molecule has 1 aliphatic heterocycles. The summed E-state index contributed by atoms with van der Waals surface area (Å²) in [6.07, 6.45) is 0. The lowest BCUT2D eigenvalue weighted by molar-refractivity contribution is 0.714. The Morgan fingerprint density at radius 3 is 2.85 bits per heavy atom. The summed E-state index contributed by atoms with van der Waals surface area (Å²) in [5, 5.41) is 11.0. The maximum Gasteiger partial charge on any atom is 0.191 e. The van der Waals surface area contributed by atoms with E-state index in [1.807, 2.05) is 24.3 Å². The molecular formula is C15H19N5. The summed E-state index contributed by atoms with van der Waals surface area (Å²) in [7, 11) is 0. The van der Waals surface area contributed by atoms with E-state index in [1.165, 1.54) is 0 Å². The molecule has 3 N–H and O–H groups in total. The molecule has 1 atom stereocenters. The predicted molar refractivity (Wildman–Crippen MR) is 83.1 cm³/mol. The second-order valence-corrected chi connectivity index (χ2v) is 4.98.